The zero-order chi connectivity index (χ0) is 23.3. The average Bonchev–Trinajstić information content (AvgIpc) is 3.33. The number of fused-ring (bicyclic) bond motifs is 2. The molecule has 2 saturated carbocycles. The summed E-state index contributed by atoms with van der Waals surface area (Å²) in [7, 11) is 7.10. The lowest BCUT2D eigenvalue weighted by atomic mass is 9.58. The Bertz CT molecular complexity index is 1240. The number of hydrogen-bond acceptors (Lipinski definition) is 2. The first-order valence-electron chi connectivity index (χ1n) is 13.5. The van der Waals surface area contributed by atoms with Crippen LogP contribution >= 0.6 is 0 Å². The third-order valence-corrected chi connectivity index (χ3v) is 10.8. The number of hydrogen-bond donors (Lipinski definition) is 0. The van der Waals surface area contributed by atoms with Crippen LogP contribution in [0.5, 0.6) is 0 Å². The van der Waals surface area contributed by atoms with E-state index in [1.807, 2.05) is 12.4 Å². The van der Waals surface area contributed by atoms with E-state index in [0.29, 0.717) is 17.9 Å². The van der Waals surface area contributed by atoms with Gasteiger partial charge in [-0.15, -0.1) is 0 Å². The summed E-state index contributed by atoms with van der Waals surface area (Å²) in [5.74, 6) is 1.20. The van der Waals surface area contributed by atoms with Gasteiger partial charge in [0.2, 0.25) is 0 Å². The number of aromatic nitrogens is 1. The summed E-state index contributed by atoms with van der Waals surface area (Å²) in [6, 6.07) is 9.92. The fourth-order valence-corrected chi connectivity index (χ4v) is 8.91. The van der Waals surface area contributed by atoms with Gasteiger partial charge >= 0.3 is 0 Å². The number of pyridine rings is 1. The molecule has 6 atom stereocenters. The van der Waals surface area contributed by atoms with Crippen LogP contribution in [0.1, 0.15) is 69.8 Å². The van der Waals surface area contributed by atoms with Crippen molar-refractivity contribution in [2.45, 2.75) is 81.5 Å². The van der Waals surface area contributed by atoms with Crippen LogP contribution in [0.2, 0.25) is 0 Å². The Balaban J connectivity index is 1.27. The molecule has 3 unspecified atom stereocenters. The molecule has 178 valence electrons. The maximum atomic E-state index is 7.48. The smallest absolute Gasteiger partial charge is 0.0975 e. The number of nitrogens with zero attached hydrogens (tertiary/aromatic N) is 2. The maximum absolute atomic E-state index is 7.48. The summed E-state index contributed by atoms with van der Waals surface area (Å²) in [6.45, 7) is 2.58. The van der Waals surface area contributed by atoms with E-state index in [4.69, 9.17) is 4.74 Å². The zero-order valence-electron chi connectivity index (χ0n) is 21.3. The minimum absolute atomic E-state index is 0.00323. The molecule has 3 aliphatic carbocycles. The van der Waals surface area contributed by atoms with E-state index in [-0.39, 0.29) is 16.6 Å². The van der Waals surface area contributed by atoms with Crippen LogP contribution < -0.4 is 0 Å². The van der Waals surface area contributed by atoms with Gasteiger partial charge in [0.1, 0.15) is 0 Å². The fraction of sp³-hybridized carbons (Fsp3) is 0.581. The quantitative estimate of drug-likeness (QED) is 0.479. The summed E-state index contributed by atoms with van der Waals surface area (Å²) in [5.41, 5.74) is 4.83. The van der Waals surface area contributed by atoms with Crippen molar-refractivity contribution in [3.05, 3.63) is 65.5 Å². The second-order valence-corrected chi connectivity index (χ2v) is 13.2. The second kappa shape index (κ2) is 6.83. The summed E-state index contributed by atoms with van der Waals surface area (Å²) < 4.78 is 8.53. The van der Waals surface area contributed by atoms with Crippen LogP contribution in [-0.2, 0) is 4.74 Å². The lowest BCUT2D eigenvalue weighted by molar-refractivity contribution is -0.898. The van der Waals surface area contributed by atoms with E-state index in [2.05, 4.69) is 69.5 Å². The van der Waals surface area contributed by atoms with Gasteiger partial charge < -0.3 is 9.22 Å². The minimum atomic E-state index is -0.0591. The Morgan fingerprint density at radius 1 is 1.03 bits per heavy atom. The first-order valence-corrected chi connectivity index (χ1v) is 13.5. The van der Waals surface area contributed by atoms with Gasteiger partial charge in [-0.1, -0.05) is 31.2 Å². The van der Waals surface area contributed by atoms with Gasteiger partial charge in [0.05, 0.1) is 38.4 Å². The molecule has 2 aliphatic heterocycles. The molecule has 0 radical (unpaired) electrons. The van der Waals surface area contributed by atoms with E-state index in [1.165, 1.54) is 73.3 Å². The third-order valence-electron chi connectivity index (χ3n) is 10.8. The molecule has 2 spiro atoms. The summed E-state index contributed by atoms with van der Waals surface area (Å²) >= 11 is 0. The van der Waals surface area contributed by atoms with E-state index >= 15 is 0 Å². The molecule has 34 heavy (non-hydrogen) atoms. The van der Waals surface area contributed by atoms with Crippen LogP contribution in [0.3, 0.4) is 0 Å². The molecule has 3 nitrogen and oxygen atoms in total. The van der Waals surface area contributed by atoms with Crippen molar-refractivity contribution in [1.82, 2.24) is 4.98 Å². The van der Waals surface area contributed by atoms with Gasteiger partial charge in [-0.25, -0.2) is 0 Å². The third kappa shape index (κ3) is 2.74. The van der Waals surface area contributed by atoms with Crippen LogP contribution in [0.25, 0.3) is 10.8 Å². The van der Waals surface area contributed by atoms with Crippen LogP contribution in [0.4, 0.5) is 0 Å². The van der Waals surface area contributed by atoms with Crippen molar-refractivity contribution in [2.75, 3.05) is 21.1 Å². The van der Waals surface area contributed by atoms with Crippen molar-refractivity contribution in [3.8, 4) is 0 Å². The molecule has 7 rings (SSSR count). The molecule has 3 heteroatoms. The highest BCUT2D eigenvalue weighted by molar-refractivity contribution is 5.82. The lowest BCUT2D eigenvalue weighted by Crippen LogP contribution is -2.57. The predicted molar refractivity (Wildman–Crippen MR) is 138 cm³/mol. The molecule has 1 saturated heterocycles. The number of allylic oxidation sites excluding steroid dienone is 1. The Labute approximate surface area is 204 Å². The van der Waals surface area contributed by atoms with Gasteiger partial charge in [0, 0.05) is 30.6 Å². The van der Waals surface area contributed by atoms with Crippen LogP contribution in [0, 0.1) is 11.3 Å². The number of quaternary nitrogens is 1. The normalized spacial score (nSPS) is 40.9. The van der Waals surface area contributed by atoms with Gasteiger partial charge in [0.25, 0.3) is 0 Å². The zero-order valence-corrected chi connectivity index (χ0v) is 21.3. The molecule has 2 bridgehead atoms. The van der Waals surface area contributed by atoms with E-state index < -0.39 is 0 Å². The van der Waals surface area contributed by atoms with Crippen LogP contribution in [0.15, 0.2) is 60.0 Å². The Morgan fingerprint density at radius 3 is 2.76 bits per heavy atom. The molecule has 1 aromatic heterocycles. The van der Waals surface area contributed by atoms with Crippen molar-refractivity contribution >= 4 is 10.8 Å². The molecular weight excluding hydrogens is 416 g/mol. The number of rotatable bonds is 2. The standard InChI is InChI=1S/C31H39N2O/c1-29-13-11-25-18-24-7-8-26(33(2,3)4)19-30(24)14-15-31(25,34-30)28(29)10-9-27(29)22-6-5-21-12-16-32-20-23(21)17-22/h5-6,11-12,16-18,20,26-28H,7-10,13-15,19H2,1-4H3/q+1/t26?,27?,28-,29?,30-,31-/m1/s1. The van der Waals surface area contributed by atoms with E-state index in [9.17, 15) is 0 Å². The monoisotopic (exact) mass is 455 g/mol. The topological polar surface area (TPSA) is 22.1 Å². The molecule has 0 N–H and O–H groups in total. The van der Waals surface area contributed by atoms with Crippen molar-refractivity contribution in [3.63, 3.8) is 0 Å². The first-order chi connectivity index (χ1) is 16.2. The van der Waals surface area contributed by atoms with Gasteiger partial charge in [-0.05, 0) is 90.0 Å². The second-order valence-electron chi connectivity index (χ2n) is 13.2. The van der Waals surface area contributed by atoms with Gasteiger partial charge in [-0.3, -0.25) is 4.98 Å². The first kappa shape index (κ1) is 21.3. The Kier molecular flexibility index (Phi) is 4.28. The minimum Gasteiger partial charge on any atom is -0.359 e. The highest BCUT2D eigenvalue weighted by Crippen LogP contribution is 2.69. The molecule has 3 fully saturated rings. The number of ether oxygens (including phenoxy) is 1. The largest absolute Gasteiger partial charge is 0.359 e. The van der Waals surface area contributed by atoms with E-state index in [0.717, 1.165) is 4.48 Å². The number of benzene rings is 1. The Hall–Kier alpha value is -1.97. The maximum Gasteiger partial charge on any atom is 0.0975 e. The summed E-state index contributed by atoms with van der Waals surface area (Å²) in [4.78, 5) is 4.39. The average molecular weight is 456 g/mol. The van der Waals surface area contributed by atoms with Gasteiger partial charge in [0.15, 0.2) is 0 Å². The fourth-order valence-electron chi connectivity index (χ4n) is 8.91. The Morgan fingerprint density at radius 2 is 1.91 bits per heavy atom. The van der Waals surface area contributed by atoms with Crippen molar-refractivity contribution < 1.29 is 9.22 Å². The molecular formula is C31H39N2O+. The molecule has 0 amide bonds. The summed E-state index contributed by atoms with van der Waals surface area (Å²) in [6.07, 6.45) is 19.0. The van der Waals surface area contributed by atoms with Crippen LogP contribution in [-0.4, -0.2) is 47.9 Å². The van der Waals surface area contributed by atoms with Gasteiger partial charge in [-0.2, -0.15) is 0 Å². The van der Waals surface area contributed by atoms with E-state index in [1.54, 1.807) is 5.57 Å². The SMILES string of the molecule is CC12CC=C3C=C4CCC([N+](C)(C)C)C[C@]45CC[C@]3(O5)[C@@H]1CCC2c1ccc2ccncc2c1. The summed E-state index contributed by atoms with van der Waals surface area (Å²) in [5, 5.41) is 2.56. The van der Waals surface area contributed by atoms with Crippen molar-refractivity contribution in [1.29, 1.82) is 0 Å². The predicted octanol–water partition coefficient (Wildman–Crippen LogP) is 6.55. The molecule has 1 aromatic carbocycles. The lowest BCUT2D eigenvalue weighted by Gasteiger charge is -2.55. The molecule has 5 aliphatic rings. The highest BCUT2D eigenvalue weighted by Gasteiger charge is 2.67. The molecule has 2 aromatic rings. The van der Waals surface area contributed by atoms with Crippen molar-refractivity contribution in [2.24, 2.45) is 11.3 Å². The highest BCUT2D eigenvalue weighted by atomic mass is 16.5. The molecule has 3 heterocycles.